The van der Waals surface area contributed by atoms with Crippen LogP contribution in [0.2, 0.25) is 15.2 Å². The van der Waals surface area contributed by atoms with Gasteiger partial charge in [0.1, 0.15) is 45.6 Å². The van der Waals surface area contributed by atoms with Crippen LogP contribution in [-0.2, 0) is 4.74 Å². The maximum absolute atomic E-state index is 11.0. The fourth-order valence-corrected chi connectivity index (χ4v) is 5.41. The van der Waals surface area contributed by atoms with E-state index >= 15 is 0 Å². The van der Waals surface area contributed by atoms with Gasteiger partial charge in [0.2, 0.25) is 0 Å². The molecular weight excluding hydrogens is 495 g/mol. The highest BCUT2D eigenvalue weighted by molar-refractivity contribution is 7.99. The monoisotopic (exact) mass is 508 g/mol. The lowest BCUT2D eigenvalue weighted by Gasteiger charge is -2.41. The molecule has 3 N–H and O–H groups in total. The molecule has 4 rings (SSSR count). The standard InChI is InChI=1S/C17H15Cl3N4O4S2/c18-8-2-1-7(3-9(8)19)30-17-15(27)13(14(26)11(5-25)28-17)24-4-10(22-23-24)16-21-12(20)6-29-16/h1-4,6,11,13-15,17,25-27H,5H2/t11-,13+,14+,15-,17-/m1/s1. The molecular formula is C17H15Cl3N4O4S2. The van der Waals surface area contributed by atoms with E-state index in [1.54, 1.807) is 29.8 Å². The van der Waals surface area contributed by atoms with Gasteiger partial charge in [-0.15, -0.1) is 16.4 Å². The Hall–Kier alpha value is -0.950. The molecule has 1 aliphatic rings. The number of nitrogens with zero attached hydrogens (tertiary/aromatic N) is 4. The lowest BCUT2D eigenvalue weighted by molar-refractivity contribution is -0.178. The molecule has 13 heteroatoms. The van der Waals surface area contributed by atoms with Gasteiger partial charge in [-0.05, 0) is 18.2 Å². The minimum Gasteiger partial charge on any atom is -0.394 e. The Morgan fingerprint density at radius 1 is 1.17 bits per heavy atom. The number of aliphatic hydroxyl groups excluding tert-OH is 3. The Morgan fingerprint density at radius 2 is 1.97 bits per heavy atom. The van der Waals surface area contributed by atoms with Crippen LogP contribution in [0.25, 0.3) is 10.7 Å². The second kappa shape index (κ2) is 9.27. The summed E-state index contributed by atoms with van der Waals surface area (Å²) >= 11 is 20.4. The quantitative estimate of drug-likeness (QED) is 0.481. The van der Waals surface area contributed by atoms with E-state index in [1.807, 2.05) is 0 Å². The van der Waals surface area contributed by atoms with Crippen LogP contribution in [0.15, 0.2) is 34.7 Å². The summed E-state index contributed by atoms with van der Waals surface area (Å²) in [5.74, 6) is 0. The number of hydrogen-bond donors (Lipinski definition) is 3. The first-order chi connectivity index (χ1) is 14.4. The van der Waals surface area contributed by atoms with Crippen LogP contribution in [-0.4, -0.2) is 65.7 Å². The van der Waals surface area contributed by atoms with Crippen molar-refractivity contribution in [3.8, 4) is 10.7 Å². The van der Waals surface area contributed by atoms with E-state index in [-0.39, 0.29) is 0 Å². The number of aromatic nitrogens is 4. The number of hydrogen-bond acceptors (Lipinski definition) is 9. The van der Waals surface area contributed by atoms with Crippen molar-refractivity contribution in [2.45, 2.75) is 34.7 Å². The van der Waals surface area contributed by atoms with Gasteiger partial charge in [-0.25, -0.2) is 9.67 Å². The van der Waals surface area contributed by atoms with Crippen molar-refractivity contribution in [2.24, 2.45) is 0 Å². The topological polar surface area (TPSA) is 114 Å². The zero-order chi connectivity index (χ0) is 21.4. The number of aliphatic hydroxyl groups is 3. The normalized spacial score (nSPS) is 26.8. The van der Waals surface area contributed by atoms with Gasteiger partial charge in [-0.2, -0.15) is 0 Å². The van der Waals surface area contributed by atoms with Crippen LogP contribution < -0.4 is 0 Å². The minimum absolute atomic E-state index is 0.342. The Kier molecular flexibility index (Phi) is 6.88. The van der Waals surface area contributed by atoms with Crippen LogP contribution in [0.5, 0.6) is 0 Å². The summed E-state index contributed by atoms with van der Waals surface area (Å²) in [6, 6.07) is 4.12. The van der Waals surface area contributed by atoms with Crippen molar-refractivity contribution < 1.29 is 20.1 Å². The summed E-state index contributed by atoms with van der Waals surface area (Å²) in [6.07, 6.45) is -1.75. The third kappa shape index (κ3) is 4.47. The first-order valence-electron chi connectivity index (χ1n) is 8.64. The summed E-state index contributed by atoms with van der Waals surface area (Å²) in [4.78, 5) is 4.85. The smallest absolute Gasteiger partial charge is 0.147 e. The molecule has 5 atom stereocenters. The largest absolute Gasteiger partial charge is 0.394 e. The van der Waals surface area contributed by atoms with E-state index in [9.17, 15) is 15.3 Å². The molecule has 1 saturated heterocycles. The summed E-state index contributed by atoms with van der Waals surface area (Å²) in [7, 11) is 0. The van der Waals surface area contributed by atoms with E-state index in [0.717, 1.165) is 0 Å². The molecule has 1 aliphatic heterocycles. The molecule has 8 nitrogen and oxygen atoms in total. The Labute approximate surface area is 194 Å². The highest BCUT2D eigenvalue weighted by Gasteiger charge is 2.46. The van der Waals surface area contributed by atoms with Gasteiger partial charge in [0.25, 0.3) is 0 Å². The molecule has 0 saturated carbocycles. The summed E-state index contributed by atoms with van der Waals surface area (Å²) in [6.45, 7) is -0.438. The number of thioether (sulfide) groups is 1. The lowest BCUT2D eigenvalue weighted by atomic mass is 9.97. The zero-order valence-electron chi connectivity index (χ0n) is 15.0. The zero-order valence-corrected chi connectivity index (χ0v) is 18.9. The molecule has 1 fully saturated rings. The van der Waals surface area contributed by atoms with E-state index in [1.165, 1.54) is 27.8 Å². The molecule has 30 heavy (non-hydrogen) atoms. The molecule has 0 amide bonds. The Morgan fingerprint density at radius 3 is 2.63 bits per heavy atom. The SMILES string of the molecule is OC[C@H]1O[C@H](Sc2ccc(Cl)c(Cl)c2)[C@H](O)[C@@H](n2cc(-c3nc(Cl)cs3)nn2)[C@H]1O. The minimum atomic E-state index is -1.22. The van der Waals surface area contributed by atoms with Gasteiger partial charge in [0.05, 0.1) is 22.8 Å². The second-order valence-electron chi connectivity index (χ2n) is 6.45. The number of rotatable bonds is 5. The molecule has 3 aromatic rings. The molecule has 160 valence electrons. The first-order valence-corrected chi connectivity index (χ1v) is 11.5. The van der Waals surface area contributed by atoms with E-state index in [4.69, 9.17) is 39.5 Å². The number of benzene rings is 1. The maximum atomic E-state index is 11.0. The van der Waals surface area contributed by atoms with Crippen molar-refractivity contribution in [1.29, 1.82) is 0 Å². The average Bonchev–Trinajstić information content (AvgIpc) is 3.36. The van der Waals surface area contributed by atoms with Crippen molar-refractivity contribution in [3.63, 3.8) is 0 Å². The van der Waals surface area contributed by atoms with Crippen LogP contribution in [0, 0.1) is 0 Å². The summed E-state index contributed by atoms with van der Waals surface area (Å²) < 4.78 is 7.08. The molecule has 0 radical (unpaired) electrons. The van der Waals surface area contributed by atoms with Gasteiger partial charge < -0.3 is 20.1 Å². The number of thiazole rings is 1. The van der Waals surface area contributed by atoms with Gasteiger partial charge in [0, 0.05) is 10.3 Å². The van der Waals surface area contributed by atoms with Gasteiger partial charge in [0.15, 0.2) is 0 Å². The highest BCUT2D eigenvalue weighted by Crippen LogP contribution is 2.39. The predicted octanol–water partition coefficient (Wildman–Crippen LogP) is 3.13. The summed E-state index contributed by atoms with van der Waals surface area (Å²) in [5.41, 5.74) is -0.359. The van der Waals surface area contributed by atoms with Crippen LogP contribution >= 0.6 is 57.9 Å². The lowest BCUT2D eigenvalue weighted by Crippen LogP contribution is -2.55. The fraction of sp³-hybridized carbons (Fsp3) is 0.353. The summed E-state index contributed by atoms with van der Waals surface area (Å²) in [5, 5.41) is 42.8. The van der Waals surface area contributed by atoms with Crippen LogP contribution in [0.4, 0.5) is 0 Å². The van der Waals surface area contributed by atoms with Gasteiger partial charge in [-0.1, -0.05) is 51.8 Å². The molecule has 1 aromatic carbocycles. The Balaban J connectivity index is 1.61. The third-order valence-corrected chi connectivity index (χ3v) is 7.58. The average molecular weight is 510 g/mol. The molecule has 3 heterocycles. The van der Waals surface area contributed by atoms with Gasteiger partial charge >= 0.3 is 0 Å². The van der Waals surface area contributed by atoms with Crippen LogP contribution in [0.1, 0.15) is 6.04 Å². The van der Waals surface area contributed by atoms with E-state index in [0.29, 0.717) is 30.8 Å². The first kappa shape index (κ1) is 22.3. The molecule has 2 aromatic heterocycles. The molecule has 0 unspecified atom stereocenters. The second-order valence-corrected chi connectivity index (χ2v) is 9.68. The van der Waals surface area contributed by atoms with Crippen molar-refractivity contribution in [3.05, 3.63) is 45.0 Å². The maximum Gasteiger partial charge on any atom is 0.147 e. The third-order valence-electron chi connectivity index (χ3n) is 4.50. The van der Waals surface area contributed by atoms with Crippen molar-refractivity contribution in [2.75, 3.05) is 6.61 Å². The predicted molar refractivity (Wildman–Crippen MR) is 115 cm³/mol. The molecule has 0 spiro atoms. The Bertz CT molecular complexity index is 1040. The van der Waals surface area contributed by atoms with Crippen molar-refractivity contribution >= 4 is 57.9 Å². The fourth-order valence-electron chi connectivity index (χ4n) is 3.05. The number of halogens is 3. The molecule has 0 bridgehead atoms. The van der Waals surface area contributed by atoms with Crippen LogP contribution in [0.3, 0.4) is 0 Å². The van der Waals surface area contributed by atoms with E-state index in [2.05, 4.69) is 15.3 Å². The highest BCUT2D eigenvalue weighted by atomic mass is 35.5. The van der Waals surface area contributed by atoms with E-state index < -0.39 is 36.4 Å². The van der Waals surface area contributed by atoms with Crippen molar-refractivity contribution in [1.82, 2.24) is 20.0 Å². The molecule has 0 aliphatic carbocycles. The number of ether oxygens (including phenoxy) is 1. The van der Waals surface area contributed by atoms with Gasteiger partial charge in [-0.3, -0.25) is 0 Å².